The average molecular weight is 327 g/mol. The van der Waals surface area contributed by atoms with E-state index >= 15 is 0 Å². The highest BCUT2D eigenvalue weighted by molar-refractivity contribution is 7.15. The first-order valence-corrected chi connectivity index (χ1v) is 8.95. The molecule has 0 saturated carbocycles. The SMILES string of the molecule is CC(C)CN(Cc1c(Cl)nc2sccn12)C1CCNCC1. The van der Waals surface area contributed by atoms with Crippen LogP contribution in [0.1, 0.15) is 32.4 Å². The van der Waals surface area contributed by atoms with Crippen molar-refractivity contribution in [3.63, 3.8) is 0 Å². The van der Waals surface area contributed by atoms with E-state index in [1.165, 1.54) is 12.8 Å². The van der Waals surface area contributed by atoms with Crippen LogP contribution in [-0.4, -0.2) is 40.0 Å². The molecular weight excluding hydrogens is 304 g/mol. The smallest absolute Gasteiger partial charge is 0.195 e. The molecular formula is C15H23ClN4S. The molecule has 4 nitrogen and oxygen atoms in total. The van der Waals surface area contributed by atoms with Gasteiger partial charge in [-0.25, -0.2) is 4.98 Å². The van der Waals surface area contributed by atoms with E-state index in [1.54, 1.807) is 11.3 Å². The quantitative estimate of drug-likeness (QED) is 0.915. The number of halogens is 1. The Morgan fingerprint density at radius 3 is 2.95 bits per heavy atom. The zero-order valence-corrected chi connectivity index (χ0v) is 14.3. The fourth-order valence-electron chi connectivity index (χ4n) is 3.12. The first-order valence-electron chi connectivity index (χ1n) is 7.70. The topological polar surface area (TPSA) is 32.6 Å². The number of nitrogens with one attached hydrogen (secondary N) is 1. The Balaban J connectivity index is 1.82. The molecule has 0 amide bonds. The number of rotatable bonds is 5. The Bertz CT molecular complexity index is 586. The molecule has 2 aromatic heterocycles. The van der Waals surface area contributed by atoms with Crippen LogP contribution in [0.25, 0.3) is 4.96 Å². The molecule has 3 rings (SSSR count). The predicted molar refractivity (Wildman–Crippen MR) is 89.2 cm³/mol. The van der Waals surface area contributed by atoms with Crippen LogP contribution in [0.3, 0.4) is 0 Å². The highest BCUT2D eigenvalue weighted by Crippen LogP contribution is 2.25. The van der Waals surface area contributed by atoms with Gasteiger partial charge in [0.25, 0.3) is 0 Å². The van der Waals surface area contributed by atoms with Crippen LogP contribution in [0, 0.1) is 5.92 Å². The number of fused-ring (bicyclic) bond motifs is 1. The molecule has 1 N–H and O–H groups in total. The second kappa shape index (κ2) is 6.65. The van der Waals surface area contributed by atoms with Gasteiger partial charge >= 0.3 is 0 Å². The maximum Gasteiger partial charge on any atom is 0.195 e. The van der Waals surface area contributed by atoms with E-state index in [9.17, 15) is 0 Å². The Labute approximate surface area is 135 Å². The van der Waals surface area contributed by atoms with E-state index in [2.05, 4.69) is 45.0 Å². The molecule has 1 aliphatic rings. The van der Waals surface area contributed by atoms with Gasteiger partial charge in [-0.2, -0.15) is 0 Å². The monoisotopic (exact) mass is 326 g/mol. The molecule has 1 saturated heterocycles. The van der Waals surface area contributed by atoms with Crippen LogP contribution in [-0.2, 0) is 6.54 Å². The first-order chi connectivity index (χ1) is 10.1. The van der Waals surface area contributed by atoms with Crippen LogP contribution in [0.15, 0.2) is 11.6 Å². The highest BCUT2D eigenvalue weighted by atomic mass is 35.5. The number of piperidine rings is 1. The van der Waals surface area contributed by atoms with Gasteiger partial charge in [0, 0.05) is 30.7 Å². The summed E-state index contributed by atoms with van der Waals surface area (Å²) in [5, 5.41) is 6.18. The van der Waals surface area contributed by atoms with E-state index in [0.29, 0.717) is 17.1 Å². The lowest BCUT2D eigenvalue weighted by Crippen LogP contribution is -2.44. The van der Waals surface area contributed by atoms with Crippen molar-refractivity contribution in [1.82, 2.24) is 19.6 Å². The molecule has 6 heteroatoms. The van der Waals surface area contributed by atoms with Gasteiger partial charge < -0.3 is 5.32 Å². The van der Waals surface area contributed by atoms with Gasteiger partial charge in [-0.1, -0.05) is 25.4 Å². The maximum atomic E-state index is 6.36. The van der Waals surface area contributed by atoms with Crippen molar-refractivity contribution in [3.8, 4) is 0 Å². The average Bonchev–Trinajstić information content (AvgIpc) is 3.01. The van der Waals surface area contributed by atoms with E-state index in [-0.39, 0.29) is 0 Å². The van der Waals surface area contributed by atoms with Crippen molar-refractivity contribution in [2.24, 2.45) is 5.92 Å². The normalized spacial score (nSPS) is 17.4. The van der Waals surface area contributed by atoms with Crippen LogP contribution in [0.2, 0.25) is 5.15 Å². The lowest BCUT2D eigenvalue weighted by atomic mass is 10.0. The lowest BCUT2D eigenvalue weighted by Gasteiger charge is -2.35. The Kier molecular flexibility index (Phi) is 4.84. The third-order valence-electron chi connectivity index (χ3n) is 4.09. The first kappa shape index (κ1) is 15.3. The minimum Gasteiger partial charge on any atom is -0.317 e. The van der Waals surface area contributed by atoms with Gasteiger partial charge in [-0.15, -0.1) is 11.3 Å². The summed E-state index contributed by atoms with van der Waals surface area (Å²) >= 11 is 8.00. The summed E-state index contributed by atoms with van der Waals surface area (Å²) in [6.45, 7) is 8.80. The molecule has 0 radical (unpaired) electrons. The van der Waals surface area contributed by atoms with Crippen LogP contribution < -0.4 is 5.32 Å². The Morgan fingerprint density at radius 1 is 1.48 bits per heavy atom. The standard InChI is InChI=1S/C15H23ClN4S/c1-11(2)9-19(12-3-5-17-6-4-12)10-13-14(16)18-15-20(13)7-8-21-15/h7-8,11-12,17H,3-6,9-10H2,1-2H3. The maximum absolute atomic E-state index is 6.36. The third-order valence-corrected chi connectivity index (χ3v) is 5.15. The van der Waals surface area contributed by atoms with Crippen molar-refractivity contribution in [2.75, 3.05) is 19.6 Å². The van der Waals surface area contributed by atoms with Gasteiger partial charge in [-0.05, 0) is 31.8 Å². The van der Waals surface area contributed by atoms with E-state index in [4.69, 9.17) is 11.6 Å². The molecule has 116 valence electrons. The lowest BCUT2D eigenvalue weighted by molar-refractivity contribution is 0.135. The molecule has 0 atom stereocenters. The predicted octanol–water partition coefficient (Wildman–Crippen LogP) is 3.26. The second-order valence-electron chi connectivity index (χ2n) is 6.21. The zero-order valence-electron chi connectivity index (χ0n) is 12.7. The molecule has 0 unspecified atom stereocenters. The molecule has 21 heavy (non-hydrogen) atoms. The number of aromatic nitrogens is 2. The Morgan fingerprint density at radius 2 is 2.24 bits per heavy atom. The molecule has 0 aliphatic carbocycles. The van der Waals surface area contributed by atoms with E-state index in [0.717, 1.165) is 36.8 Å². The number of nitrogens with zero attached hydrogens (tertiary/aromatic N) is 3. The van der Waals surface area contributed by atoms with E-state index < -0.39 is 0 Å². The third kappa shape index (κ3) is 3.42. The summed E-state index contributed by atoms with van der Waals surface area (Å²) in [6.07, 6.45) is 4.51. The minimum absolute atomic E-state index is 0.647. The minimum atomic E-state index is 0.647. The van der Waals surface area contributed by atoms with Crippen LogP contribution >= 0.6 is 22.9 Å². The van der Waals surface area contributed by atoms with Crippen LogP contribution in [0.5, 0.6) is 0 Å². The summed E-state index contributed by atoms with van der Waals surface area (Å²) < 4.78 is 2.14. The summed E-state index contributed by atoms with van der Waals surface area (Å²) in [7, 11) is 0. The summed E-state index contributed by atoms with van der Waals surface area (Å²) in [5.41, 5.74) is 1.13. The van der Waals surface area contributed by atoms with Gasteiger partial charge in [0.1, 0.15) is 0 Å². The zero-order chi connectivity index (χ0) is 14.8. The van der Waals surface area contributed by atoms with Gasteiger partial charge in [0.05, 0.1) is 5.69 Å². The summed E-state index contributed by atoms with van der Waals surface area (Å²) in [4.78, 5) is 8.04. The molecule has 2 aromatic rings. The molecule has 3 heterocycles. The fraction of sp³-hybridized carbons (Fsp3) is 0.667. The number of hydrogen-bond donors (Lipinski definition) is 1. The molecule has 0 bridgehead atoms. The number of thiazole rings is 1. The summed E-state index contributed by atoms with van der Waals surface area (Å²) in [6, 6.07) is 0.647. The largest absolute Gasteiger partial charge is 0.317 e. The van der Waals surface area contributed by atoms with Crippen molar-refractivity contribution in [2.45, 2.75) is 39.3 Å². The van der Waals surface area contributed by atoms with Crippen LogP contribution in [0.4, 0.5) is 0 Å². The van der Waals surface area contributed by atoms with Gasteiger partial charge in [0.15, 0.2) is 10.1 Å². The van der Waals surface area contributed by atoms with Gasteiger partial charge in [0.2, 0.25) is 0 Å². The van der Waals surface area contributed by atoms with E-state index in [1.807, 2.05) is 0 Å². The molecule has 0 spiro atoms. The van der Waals surface area contributed by atoms with Crippen molar-refractivity contribution < 1.29 is 0 Å². The van der Waals surface area contributed by atoms with Crippen molar-refractivity contribution in [3.05, 3.63) is 22.4 Å². The van der Waals surface area contributed by atoms with Gasteiger partial charge in [-0.3, -0.25) is 9.30 Å². The molecule has 1 fully saturated rings. The molecule has 0 aromatic carbocycles. The summed E-state index contributed by atoms with van der Waals surface area (Å²) in [5.74, 6) is 0.657. The fourth-order valence-corrected chi connectivity index (χ4v) is 4.14. The Hall–Kier alpha value is -0.620. The van der Waals surface area contributed by atoms with Crippen molar-refractivity contribution in [1.29, 1.82) is 0 Å². The highest BCUT2D eigenvalue weighted by Gasteiger charge is 2.24. The number of hydrogen-bond acceptors (Lipinski definition) is 4. The van der Waals surface area contributed by atoms with Crippen molar-refractivity contribution >= 4 is 27.9 Å². The molecule has 1 aliphatic heterocycles. The number of imidazole rings is 1. The second-order valence-corrected chi connectivity index (χ2v) is 7.44.